The molecule has 12 heteroatoms. The van der Waals surface area contributed by atoms with E-state index >= 15 is 0 Å². The maximum absolute atomic E-state index is 5.59. The molecule has 0 saturated heterocycles. The fourth-order valence-corrected chi connectivity index (χ4v) is 18.8. The van der Waals surface area contributed by atoms with Crippen LogP contribution in [0.4, 0.5) is 45.5 Å². The number of methoxy groups -OCH3 is 4. The first-order valence-corrected chi connectivity index (χ1v) is 41.0. The van der Waals surface area contributed by atoms with Crippen molar-refractivity contribution in [1.82, 2.24) is 8.75 Å². The number of nitrogens with zero attached hydrogens (tertiary/aromatic N) is 6. The third-order valence-corrected chi connectivity index (χ3v) is 24.3. The second-order valence-corrected chi connectivity index (χ2v) is 30.7. The lowest BCUT2D eigenvalue weighted by atomic mass is 9.69. The summed E-state index contributed by atoms with van der Waals surface area (Å²) < 4.78 is 43.6. The van der Waals surface area contributed by atoms with Crippen molar-refractivity contribution in [2.24, 2.45) is 8.73 Å². The Morgan fingerprint density at radius 3 is 0.806 bits per heavy atom. The summed E-state index contributed by atoms with van der Waals surface area (Å²) >= 11 is 2.61. The van der Waals surface area contributed by atoms with E-state index in [1.165, 1.54) is 167 Å². The average molecular weight is 1470 g/mol. The number of benzene rings is 11. The molecular formula is C96H100N6O4S2. The molecule has 0 amide bonds. The van der Waals surface area contributed by atoms with Crippen LogP contribution in [0.5, 0.6) is 23.0 Å². The summed E-state index contributed by atoms with van der Waals surface area (Å²) in [5.74, 6) is 3.28. The van der Waals surface area contributed by atoms with Crippen molar-refractivity contribution in [3.63, 3.8) is 0 Å². The molecule has 11 aromatic carbocycles. The molecule has 0 atom stereocenters. The Hall–Kier alpha value is -10.1. The maximum Gasteiger partial charge on any atom is 0.119 e. The highest BCUT2D eigenvalue weighted by Crippen LogP contribution is 2.61. The minimum absolute atomic E-state index is 0.206. The third-order valence-electron chi connectivity index (χ3n) is 23.3. The van der Waals surface area contributed by atoms with Crippen molar-refractivity contribution in [3.8, 4) is 89.8 Å². The van der Waals surface area contributed by atoms with Gasteiger partial charge < -0.3 is 28.7 Å². The van der Waals surface area contributed by atoms with Gasteiger partial charge in [-0.15, -0.1) is 0 Å². The molecule has 108 heavy (non-hydrogen) atoms. The van der Waals surface area contributed by atoms with Crippen LogP contribution in [0.1, 0.15) is 178 Å². The normalized spacial score (nSPS) is 13.2. The van der Waals surface area contributed by atoms with E-state index in [9.17, 15) is 0 Å². The highest BCUT2D eigenvalue weighted by Gasteiger charge is 2.45. The summed E-state index contributed by atoms with van der Waals surface area (Å²) in [6, 6.07) is 80.7. The molecule has 0 radical (unpaired) electrons. The lowest BCUT2D eigenvalue weighted by Gasteiger charge is -2.33. The zero-order chi connectivity index (χ0) is 74.1. The van der Waals surface area contributed by atoms with Gasteiger partial charge in [-0.05, 0) is 249 Å². The Labute approximate surface area is 647 Å². The molecule has 15 rings (SSSR count). The Morgan fingerprint density at radius 1 is 0.287 bits per heavy atom. The molecule has 1 aliphatic heterocycles. The molecule has 0 N–H and O–H groups in total. The number of ether oxygens (including phenoxy) is 4. The van der Waals surface area contributed by atoms with Gasteiger partial charge in [-0.2, -0.15) is 17.5 Å². The first-order valence-electron chi connectivity index (χ1n) is 39.5. The Bertz CT molecular complexity index is 4760. The van der Waals surface area contributed by atoms with Crippen molar-refractivity contribution < 1.29 is 18.9 Å². The van der Waals surface area contributed by atoms with Crippen LogP contribution in [-0.2, 0) is 22.2 Å². The predicted octanol–water partition coefficient (Wildman–Crippen LogP) is 28.5. The highest BCUT2D eigenvalue weighted by molar-refractivity contribution is 7.58. The number of aromatic nitrogens is 2. The summed E-state index contributed by atoms with van der Waals surface area (Å²) in [7, 11) is 6.85. The largest absolute Gasteiger partial charge is 0.497 e. The summed E-state index contributed by atoms with van der Waals surface area (Å²) in [4.78, 5) is 4.58. The van der Waals surface area contributed by atoms with Crippen molar-refractivity contribution >= 4 is 79.6 Å². The topological polar surface area (TPSA) is 93.9 Å². The molecule has 0 unspecified atom stereocenters. The highest BCUT2D eigenvalue weighted by atomic mass is 32.1. The lowest BCUT2D eigenvalue weighted by Crippen LogP contribution is -2.25. The molecule has 0 bridgehead atoms. The number of rotatable bonds is 34. The first kappa shape index (κ1) is 73.4. The van der Waals surface area contributed by atoms with Crippen LogP contribution in [0.3, 0.4) is 0 Å². The van der Waals surface area contributed by atoms with Crippen LogP contribution >= 0.6 is 11.7 Å². The third kappa shape index (κ3) is 14.3. The minimum Gasteiger partial charge on any atom is -0.497 e. The van der Waals surface area contributed by atoms with Crippen LogP contribution in [0.2, 0.25) is 0 Å². The van der Waals surface area contributed by atoms with Crippen LogP contribution in [0.15, 0.2) is 227 Å². The van der Waals surface area contributed by atoms with Gasteiger partial charge in [-0.1, -0.05) is 203 Å². The minimum atomic E-state index is -0.206. The van der Waals surface area contributed by atoms with Crippen LogP contribution in [0, 0.1) is 0 Å². The van der Waals surface area contributed by atoms with Gasteiger partial charge in [0.2, 0.25) is 0 Å². The van der Waals surface area contributed by atoms with Gasteiger partial charge in [-0.25, -0.2) is 0 Å². The Balaban J connectivity index is 0.807. The molecule has 0 spiro atoms. The Morgan fingerprint density at radius 2 is 0.537 bits per heavy atom. The second-order valence-electron chi connectivity index (χ2n) is 29.7. The van der Waals surface area contributed by atoms with Gasteiger partial charge in [0.15, 0.2) is 0 Å². The van der Waals surface area contributed by atoms with Crippen LogP contribution in [0.25, 0.3) is 77.8 Å². The van der Waals surface area contributed by atoms with Crippen molar-refractivity contribution in [2.45, 2.75) is 167 Å². The number of fused-ring (bicyclic) bond motifs is 8. The van der Waals surface area contributed by atoms with E-state index in [0.717, 1.165) is 153 Å². The fourth-order valence-electron chi connectivity index (χ4n) is 17.6. The summed E-state index contributed by atoms with van der Waals surface area (Å²) in [5, 5.41) is 0. The second kappa shape index (κ2) is 33.1. The quantitative estimate of drug-likeness (QED) is 0.0368. The molecular weight excluding hydrogens is 1370 g/mol. The van der Waals surface area contributed by atoms with E-state index in [2.05, 4.69) is 207 Å². The molecule has 1 aromatic heterocycles. The van der Waals surface area contributed by atoms with E-state index in [-0.39, 0.29) is 10.8 Å². The Kier molecular flexibility index (Phi) is 22.5. The standard InChI is InChI=1S/C96H100N6O4S2/c1-9-13-17-21-57-95(58-22-18-14-10-2)85-61-67(65-25-33-71(34-26-65)101(73-37-45-77(103-5)46-38-73)74-39-47-78(104-6)48-40-74)29-53-81(85)83-55-31-69(63-87(83)95)89-91-93(99-107-97-91)90(94-92(89)98-108-100-94)70-32-56-84-82-54-30-68(62-86(82)96(88(84)64-70,59-23-19-15-11-3)60-24-20-16-12-4)66-27-35-72(36-28-66)102(75-41-49-79(105-7)50-42-75)76-43-51-80(106-8)52-44-76/h25-56,61-64H,9-24,57-60H2,1-8H3. The van der Waals surface area contributed by atoms with E-state index < -0.39 is 0 Å². The van der Waals surface area contributed by atoms with Crippen molar-refractivity contribution in [2.75, 3.05) is 38.2 Å². The number of hydrogen-bond acceptors (Lipinski definition) is 11. The van der Waals surface area contributed by atoms with E-state index in [0.29, 0.717) is 0 Å². The SMILES string of the molecule is CCCCCCC1(CCCCCC)c2cc(-c3ccc(N(c4ccc(OC)cc4)c4ccc(OC)cc4)cc3)ccc2-c2ccc(-c3c4c(c(-c5ccc6c(c5)C(CCCCCC)(CCCCCC)c5cc(-c7ccc(N(c8ccc(OC)cc8)c8ccc(OC)cc8)cc7)ccc5-6)c5nsnc35)N=S=N4)cc21. The van der Waals surface area contributed by atoms with Gasteiger partial charge in [0, 0.05) is 56.1 Å². The van der Waals surface area contributed by atoms with Gasteiger partial charge in [0.05, 0.1) is 51.5 Å². The van der Waals surface area contributed by atoms with Crippen LogP contribution in [-0.4, -0.2) is 37.2 Å². The van der Waals surface area contributed by atoms with Gasteiger partial charge in [0.25, 0.3) is 0 Å². The summed E-state index contributed by atoms with van der Waals surface area (Å²) in [5.41, 5.74) is 29.7. The average Bonchev–Trinajstić information content (AvgIpc) is 1.55. The molecule has 10 nitrogen and oxygen atoms in total. The fraction of sp³-hybridized carbons (Fsp3) is 0.312. The van der Waals surface area contributed by atoms with Gasteiger partial charge >= 0.3 is 0 Å². The smallest absolute Gasteiger partial charge is 0.119 e. The monoisotopic (exact) mass is 1460 g/mol. The van der Waals surface area contributed by atoms with E-state index in [1.807, 2.05) is 48.5 Å². The van der Waals surface area contributed by atoms with Gasteiger partial charge in [-0.3, -0.25) is 0 Å². The van der Waals surface area contributed by atoms with Crippen LogP contribution < -0.4 is 28.7 Å². The maximum atomic E-state index is 5.59. The van der Waals surface area contributed by atoms with Crippen molar-refractivity contribution in [3.05, 3.63) is 241 Å². The molecule has 550 valence electrons. The van der Waals surface area contributed by atoms with E-state index in [4.69, 9.17) is 36.4 Å². The lowest BCUT2D eigenvalue weighted by molar-refractivity contribution is 0.401. The molecule has 0 fully saturated rings. The first-order chi connectivity index (χ1) is 53.2. The zero-order valence-corrected chi connectivity index (χ0v) is 65.7. The van der Waals surface area contributed by atoms with Crippen molar-refractivity contribution in [1.29, 1.82) is 0 Å². The molecule has 12 aromatic rings. The molecule has 3 aliphatic rings. The zero-order valence-electron chi connectivity index (χ0n) is 64.1. The summed E-state index contributed by atoms with van der Waals surface area (Å²) in [6.45, 7) is 9.31. The summed E-state index contributed by atoms with van der Waals surface area (Å²) in [6.07, 6.45) is 23.4. The number of unbranched alkanes of at least 4 members (excludes halogenated alkanes) is 12. The van der Waals surface area contributed by atoms with Gasteiger partial charge in [0.1, 0.15) is 45.4 Å². The molecule has 2 aliphatic carbocycles. The number of anilines is 6. The van der Waals surface area contributed by atoms with E-state index in [1.54, 1.807) is 28.4 Å². The molecule has 0 saturated carbocycles. The predicted molar refractivity (Wildman–Crippen MR) is 454 cm³/mol. The number of hydrogen-bond donors (Lipinski definition) is 0. The molecule has 2 heterocycles.